The summed E-state index contributed by atoms with van der Waals surface area (Å²) in [5.74, 6) is 0.121. The maximum Gasteiger partial charge on any atom is 0.155 e. The summed E-state index contributed by atoms with van der Waals surface area (Å²) in [6.45, 7) is 0. The van der Waals surface area contributed by atoms with Crippen molar-refractivity contribution in [3.05, 3.63) is 12.2 Å². The van der Waals surface area contributed by atoms with Crippen molar-refractivity contribution < 1.29 is 15.4 Å². The Morgan fingerprint density at radius 2 is 2.33 bits per heavy atom. The second-order valence-electron chi connectivity index (χ2n) is 1.93. The van der Waals surface area contributed by atoms with Crippen LogP contribution in [-0.4, -0.2) is 22.5 Å². The first-order valence-electron chi connectivity index (χ1n) is 2.68. The van der Waals surface area contributed by atoms with Crippen LogP contribution in [0, 0.1) is 0 Å². The van der Waals surface area contributed by atoms with E-state index in [1.54, 1.807) is 0 Å². The minimum atomic E-state index is -0.382. The van der Waals surface area contributed by atoms with Gasteiger partial charge in [0.15, 0.2) is 5.78 Å². The summed E-state index contributed by atoms with van der Waals surface area (Å²) in [5, 5.41) is 8.79. The number of carbonyl (C=O) groups excluding carboxylic acids is 1. The lowest BCUT2D eigenvalue weighted by Gasteiger charge is -2.06. The number of aliphatic hydroxyl groups excluding tert-OH is 1. The number of carbonyl (C=O) groups is 1. The van der Waals surface area contributed by atoms with Gasteiger partial charge >= 0.3 is 0 Å². The zero-order valence-electron chi connectivity index (χ0n) is 5.00. The van der Waals surface area contributed by atoms with Crippen LogP contribution in [-0.2, 0) is 4.79 Å². The number of hydrogen-bond acceptors (Lipinski definition) is 2. The molecule has 1 aliphatic carbocycles. The molecular weight excluding hydrogens is 120 g/mol. The van der Waals surface area contributed by atoms with Gasteiger partial charge in [-0.25, -0.2) is 0 Å². The zero-order valence-corrected chi connectivity index (χ0v) is 5.00. The Bertz CT molecular complexity index is 128. The first kappa shape index (κ1) is 8.33. The molecule has 3 nitrogen and oxygen atoms in total. The van der Waals surface area contributed by atoms with E-state index in [4.69, 9.17) is 5.11 Å². The monoisotopic (exact) mass is 130 g/mol. The van der Waals surface area contributed by atoms with Crippen LogP contribution in [0.15, 0.2) is 12.2 Å². The van der Waals surface area contributed by atoms with Crippen molar-refractivity contribution in [2.75, 3.05) is 0 Å². The first-order valence-corrected chi connectivity index (χ1v) is 2.68. The highest BCUT2D eigenvalue weighted by molar-refractivity contribution is 5.90. The Balaban J connectivity index is 0.000000640. The van der Waals surface area contributed by atoms with Crippen LogP contribution in [0.25, 0.3) is 0 Å². The molecule has 3 N–H and O–H groups in total. The molecule has 0 fully saturated rings. The summed E-state index contributed by atoms with van der Waals surface area (Å²) in [5.41, 5.74) is 0. The predicted octanol–water partition coefficient (Wildman–Crippen LogP) is -0.558. The molecule has 0 aromatic heterocycles. The molecule has 3 heteroatoms. The number of ketones is 1. The van der Waals surface area contributed by atoms with Gasteiger partial charge in [0.25, 0.3) is 0 Å². The van der Waals surface area contributed by atoms with Crippen LogP contribution in [0.1, 0.15) is 12.8 Å². The van der Waals surface area contributed by atoms with E-state index in [0.717, 1.165) is 0 Å². The fraction of sp³-hybridized carbons (Fsp3) is 0.500. The molecule has 0 aromatic carbocycles. The van der Waals surface area contributed by atoms with Crippen LogP contribution < -0.4 is 0 Å². The summed E-state index contributed by atoms with van der Waals surface area (Å²) in [7, 11) is 0. The smallest absolute Gasteiger partial charge is 0.155 e. The van der Waals surface area contributed by atoms with Crippen molar-refractivity contribution in [3.8, 4) is 0 Å². The third-order valence-corrected chi connectivity index (χ3v) is 1.19. The molecular formula is C6H10O3. The van der Waals surface area contributed by atoms with Gasteiger partial charge in [0.1, 0.15) is 0 Å². The average molecular weight is 130 g/mol. The molecule has 1 aliphatic rings. The van der Waals surface area contributed by atoms with E-state index in [9.17, 15) is 4.79 Å². The molecule has 1 unspecified atom stereocenters. The molecule has 9 heavy (non-hydrogen) atoms. The lowest BCUT2D eigenvalue weighted by atomic mass is 10.0. The minimum absolute atomic E-state index is 0. The van der Waals surface area contributed by atoms with Crippen LogP contribution in [0.5, 0.6) is 0 Å². The second-order valence-corrected chi connectivity index (χ2v) is 1.93. The third-order valence-electron chi connectivity index (χ3n) is 1.19. The van der Waals surface area contributed by atoms with Gasteiger partial charge in [-0.2, -0.15) is 0 Å². The molecule has 52 valence electrons. The van der Waals surface area contributed by atoms with Crippen LogP contribution in [0.4, 0.5) is 0 Å². The second kappa shape index (κ2) is 3.37. The van der Waals surface area contributed by atoms with Crippen molar-refractivity contribution in [3.63, 3.8) is 0 Å². The Morgan fingerprint density at radius 3 is 2.67 bits per heavy atom. The highest BCUT2D eigenvalue weighted by Gasteiger charge is 2.08. The van der Waals surface area contributed by atoms with Crippen molar-refractivity contribution in [2.24, 2.45) is 0 Å². The van der Waals surface area contributed by atoms with Crippen LogP contribution >= 0.6 is 0 Å². The minimum Gasteiger partial charge on any atom is -0.412 e. The summed E-state index contributed by atoms with van der Waals surface area (Å²) >= 11 is 0. The van der Waals surface area contributed by atoms with E-state index in [1.165, 1.54) is 12.2 Å². The van der Waals surface area contributed by atoms with Gasteiger partial charge in [-0.15, -0.1) is 0 Å². The highest BCUT2D eigenvalue weighted by Crippen LogP contribution is 2.05. The number of hydrogen-bond donors (Lipinski definition) is 1. The molecule has 0 amide bonds. The summed E-state index contributed by atoms with van der Waals surface area (Å²) in [4.78, 5) is 10.4. The molecule has 0 radical (unpaired) electrons. The van der Waals surface area contributed by atoms with E-state index >= 15 is 0 Å². The number of rotatable bonds is 0. The third kappa shape index (κ3) is 2.39. The maximum atomic E-state index is 10.4. The van der Waals surface area contributed by atoms with Crippen molar-refractivity contribution in [1.82, 2.24) is 0 Å². The molecule has 0 bridgehead atoms. The first-order chi connectivity index (χ1) is 3.79. The van der Waals surface area contributed by atoms with Crippen molar-refractivity contribution in [1.29, 1.82) is 0 Å². The van der Waals surface area contributed by atoms with Gasteiger partial charge in [-0.05, 0) is 12.5 Å². The lowest BCUT2D eigenvalue weighted by Crippen LogP contribution is -2.10. The zero-order chi connectivity index (χ0) is 5.98. The fourth-order valence-corrected chi connectivity index (χ4v) is 0.688. The summed E-state index contributed by atoms with van der Waals surface area (Å²) in [6, 6.07) is 0. The lowest BCUT2D eigenvalue weighted by molar-refractivity contribution is -0.115. The quantitative estimate of drug-likeness (QED) is 0.477. The van der Waals surface area contributed by atoms with Gasteiger partial charge in [0, 0.05) is 6.42 Å². The normalized spacial score (nSPS) is 25.4. The predicted molar refractivity (Wildman–Crippen MR) is 33.0 cm³/mol. The molecule has 1 atom stereocenters. The molecule has 0 aliphatic heterocycles. The Kier molecular flexibility index (Phi) is 3.12. The SMILES string of the molecule is O.O=C1C=CC(O)CC1. The fourth-order valence-electron chi connectivity index (χ4n) is 0.688. The van der Waals surface area contributed by atoms with E-state index < -0.39 is 0 Å². The van der Waals surface area contributed by atoms with Crippen LogP contribution in [0.2, 0.25) is 0 Å². The summed E-state index contributed by atoms with van der Waals surface area (Å²) in [6.07, 6.45) is 3.68. The number of aliphatic hydroxyl groups is 1. The van der Waals surface area contributed by atoms with Gasteiger partial charge < -0.3 is 10.6 Å². The van der Waals surface area contributed by atoms with Gasteiger partial charge in [0.2, 0.25) is 0 Å². The Hall–Kier alpha value is -0.670. The number of allylic oxidation sites excluding steroid dienone is 1. The molecule has 0 heterocycles. The maximum absolute atomic E-state index is 10.4. The van der Waals surface area contributed by atoms with Crippen molar-refractivity contribution >= 4 is 5.78 Å². The van der Waals surface area contributed by atoms with E-state index in [1.807, 2.05) is 0 Å². The standard InChI is InChI=1S/C6H8O2.H2O/c7-5-1-2-6(8)4-3-5;/h1-2,5,7H,3-4H2;1H2. The highest BCUT2D eigenvalue weighted by atomic mass is 16.3. The summed E-state index contributed by atoms with van der Waals surface area (Å²) < 4.78 is 0. The Morgan fingerprint density at radius 1 is 1.67 bits per heavy atom. The average Bonchev–Trinajstić information content (AvgIpc) is 1.77. The van der Waals surface area contributed by atoms with Gasteiger partial charge in [-0.1, -0.05) is 6.08 Å². The molecule has 0 aromatic rings. The van der Waals surface area contributed by atoms with Crippen LogP contribution in [0.3, 0.4) is 0 Å². The molecule has 0 saturated heterocycles. The molecule has 0 spiro atoms. The molecule has 1 rings (SSSR count). The van der Waals surface area contributed by atoms with E-state index in [-0.39, 0.29) is 17.4 Å². The van der Waals surface area contributed by atoms with Gasteiger partial charge in [0.05, 0.1) is 6.10 Å². The Labute approximate surface area is 53.3 Å². The van der Waals surface area contributed by atoms with Gasteiger partial charge in [-0.3, -0.25) is 4.79 Å². The largest absolute Gasteiger partial charge is 0.412 e. The molecule has 0 saturated carbocycles. The topological polar surface area (TPSA) is 68.8 Å². The van der Waals surface area contributed by atoms with Crippen molar-refractivity contribution in [2.45, 2.75) is 18.9 Å². The van der Waals surface area contributed by atoms with E-state index in [0.29, 0.717) is 12.8 Å². The van der Waals surface area contributed by atoms with E-state index in [2.05, 4.69) is 0 Å².